The van der Waals surface area contributed by atoms with E-state index in [9.17, 15) is 9.59 Å². The molecule has 2 aromatic carbocycles. The SMILES string of the molecule is COc1ccc(-c2nc(SCc3ccccc3Cl)c3c(=O)n(C)c(=O)n(C)c3n2)cc1. The Morgan fingerprint density at radius 1 is 1.00 bits per heavy atom. The van der Waals surface area contributed by atoms with Crippen molar-refractivity contribution in [3.05, 3.63) is 80.0 Å². The summed E-state index contributed by atoms with van der Waals surface area (Å²) < 4.78 is 7.65. The fourth-order valence-electron chi connectivity index (χ4n) is 3.16. The largest absolute Gasteiger partial charge is 0.497 e. The molecule has 0 bridgehead atoms. The maximum Gasteiger partial charge on any atom is 0.332 e. The van der Waals surface area contributed by atoms with E-state index in [-0.39, 0.29) is 5.65 Å². The zero-order valence-corrected chi connectivity index (χ0v) is 18.7. The Labute approximate surface area is 187 Å². The van der Waals surface area contributed by atoms with E-state index < -0.39 is 11.2 Å². The molecule has 0 atom stereocenters. The van der Waals surface area contributed by atoms with E-state index in [0.29, 0.717) is 32.8 Å². The highest BCUT2D eigenvalue weighted by atomic mass is 35.5. The van der Waals surface area contributed by atoms with Gasteiger partial charge in [-0.1, -0.05) is 29.8 Å². The summed E-state index contributed by atoms with van der Waals surface area (Å²) in [5.74, 6) is 1.64. The second-order valence-electron chi connectivity index (χ2n) is 6.87. The standard InChI is InChI=1S/C22H19ClN4O3S/c1-26-19-17(21(28)27(2)22(26)29)20(31-12-14-6-4-5-7-16(14)23)25-18(24-19)13-8-10-15(30-3)11-9-13/h4-11H,12H2,1-3H3. The fourth-order valence-corrected chi connectivity index (χ4v) is 4.46. The van der Waals surface area contributed by atoms with Gasteiger partial charge in [-0.3, -0.25) is 13.9 Å². The van der Waals surface area contributed by atoms with E-state index in [2.05, 4.69) is 9.97 Å². The Hall–Kier alpha value is -3.10. The predicted molar refractivity (Wildman–Crippen MR) is 123 cm³/mol. The predicted octanol–water partition coefficient (Wildman–Crippen LogP) is 3.65. The molecule has 2 heterocycles. The second-order valence-corrected chi connectivity index (χ2v) is 8.24. The number of nitrogens with zero attached hydrogens (tertiary/aromatic N) is 4. The molecular weight excluding hydrogens is 436 g/mol. The highest BCUT2D eigenvalue weighted by Crippen LogP contribution is 2.30. The van der Waals surface area contributed by atoms with Crippen LogP contribution in [0.4, 0.5) is 0 Å². The lowest BCUT2D eigenvalue weighted by molar-refractivity contribution is 0.415. The van der Waals surface area contributed by atoms with Crippen LogP contribution in [0, 0.1) is 0 Å². The molecular formula is C22H19ClN4O3S. The van der Waals surface area contributed by atoms with E-state index in [0.717, 1.165) is 15.7 Å². The summed E-state index contributed by atoms with van der Waals surface area (Å²) in [6, 6.07) is 14.8. The molecule has 4 aromatic rings. The third-order valence-corrected chi connectivity index (χ3v) is 6.33. The lowest BCUT2D eigenvalue weighted by atomic mass is 10.2. The summed E-state index contributed by atoms with van der Waals surface area (Å²) in [6.45, 7) is 0. The minimum Gasteiger partial charge on any atom is -0.497 e. The van der Waals surface area contributed by atoms with Crippen molar-refractivity contribution in [2.75, 3.05) is 7.11 Å². The molecule has 2 aromatic heterocycles. The molecule has 4 rings (SSSR count). The van der Waals surface area contributed by atoms with E-state index in [1.165, 1.54) is 23.4 Å². The van der Waals surface area contributed by atoms with Gasteiger partial charge in [0.1, 0.15) is 16.2 Å². The summed E-state index contributed by atoms with van der Waals surface area (Å²) in [5, 5.41) is 1.44. The average Bonchev–Trinajstić information content (AvgIpc) is 2.80. The van der Waals surface area contributed by atoms with Crippen molar-refractivity contribution in [2.24, 2.45) is 14.1 Å². The summed E-state index contributed by atoms with van der Waals surface area (Å²) in [4.78, 5) is 34.7. The van der Waals surface area contributed by atoms with Gasteiger partial charge in [-0.15, -0.1) is 11.8 Å². The van der Waals surface area contributed by atoms with Gasteiger partial charge in [0.15, 0.2) is 11.5 Å². The zero-order valence-electron chi connectivity index (χ0n) is 17.1. The van der Waals surface area contributed by atoms with Crippen molar-refractivity contribution in [2.45, 2.75) is 10.8 Å². The first-order valence-corrected chi connectivity index (χ1v) is 10.8. The van der Waals surface area contributed by atoms with Crippen LogP contribution in [0.1, 0.15) is 5.56 Å². The van der Waals surface area contributed by atoms with Gasteiger partial charge in [-0.25, -0.2) is 14.8 Å². The number of benzene rings is 2. The van der Waals surface area contributed by atoms with E-state index >= 15 is 0 Å². The third-order valence-electron chi connectivity index (χ3n) is 4.94. The Balaban J connectivity index is 1.91. The maximum absolute atomic E-state index is 12.9. The van der Waals surface area contributed by atoms with Gasteiger partial charge < -0.3 is 4.74 Å². The second kappa shape index (κ2) is 8.56. The number of aryl methyl sites for hydroxylation is 1. The molecule has 0 amide bonds. The number of methoxy groups -OCH3 is 1. The quantitative estimate of drug-likeness (QED) is 0.338. The molecule has 0 fully saturated rings. The number of rotatable bonds is 5. The maximum atomic E-state index is 12.9. The Kier molecular flexibility index (Phi) is 5.84. The van der Waals surface area contributed by atoms with E-state index in [4.69, 9.17) is 16.3 Å². The van der Waals surface area contributed by atoms with Crippen LogP contribution >= 0.6 is 23.4 Å². The van der Waals surface area contributed by atoms with Gasteiger partial charge in [-0.05, 0) is 35.9 Å². The first kappa shape index (κ1) is 21.1. The summed E-state index contributed by atoms with van der Waals surface area (Å²) >= 11 is 7.68. The number of hydrogen-bond donors (Lipinski definition) is 0. The monoisotopic (exact) mass is 454 g/mol. The van der Waals surface area contributed by atoms with Crippen LogP contribution in [0.5, 0.6) is 5.75 Å². The molecule has 0 unspecified atom stereocenters. The van der Waals surface area contributed by atoms with Crippen LogP contribution in [0.3, 0.4) is 0 Å². The van der Waals surface area contributed by atoms with Crippen LogP contribution in [0.2, 0.25) is 5.02 Å². The van der Waals surface area contributed by atoms with Crippen LogP contribution in [-0.2, 0) is 19.8 Å². The van der Waals surface area contributed by atoms with Gasteiger partial charge >= 0.3 is 5.69 Å². The first-order chi connectivity index (χ1) is 14.9. The van der Waals surface area contributed by atoms with Crippen molar-refractivity contribution >= 4 is 34.4 Å². The normalized spacial score (nSPS) is 11.1. The number of aromatic nitrogens is 4. The molecule has 0 aliphatic heterocycles. The zero-order chi connectivity index (χ0) is 22.1. The minimum absolute atomic E-state index is 0.288. The molecule has 0 aliphatic rings. The van der Waals surface area contributed by atoms with Crippen molar-refractivity contribution in [3.8, 4) is 17.1 Å². The van der Waals surface area contributed by atoms with Crippen LogP contribution in [0.25, 0.3) is 22.4 Å². The molecule has 0 saturated heterocycles. The molecule has 0 spiro atoms. The molecule has 9 heteroatoms. The first-order valence-electron chi connectivity index (χ1n) is 9.39. The van der Waals surface area contributed by atoms with Gasteiger partial charge in [0, 0.05) is 30.4 Å². The highest BCUT2D eigenvalue weighted by molar-refractivity contribution is 7.98. The number of hydrogen-bond acceptors (Lipinski definition) is 6. The van der Waals surface area contributed by atoms with Crippen LogP contribution in [0.15, 0.2) is 63.1 Å². The number of halogens is 1. The lowest BCUT2D eigenvalue weighted by Gasteiger charge is -2.12. The highest BCUT2D eigenvalue weighted by Gasteiger charge is 2.18. The summed E-state index contributed by atoms with van der Waals surface area (Å²) in [6.07, 6.45) is 0. The van der Waals surface area contributed by atoms with Crippen molar-refractivity contribution in [3.63, 3.8) is 0 Å². The molecule has 0 N–H and O–H groups in total. The molecule has 158 valence electrons. The molecule has 31 heavy (non-hydrogen) atoms. The van der Waals surface area contributed by atoms with Gasteiger partial charge in [0.25, 0.3) is 5.56 Å². The summed E-state index contributed by atoms with van der Waals surface area (Å²) in [7, 11) is 4.64. The van der Waals surface area contributed by atoms with Gasteiger partial charge in [-0.2, -0.15) is 0 Å². The Bertz CT molecular complexity index is 1400. The van der Waals surface area contributed by atoms with Gasteiger partial charge in [0.05, 0.1) is 7.11 Å². The molecule has 0 aliphatic carbocycles. The number of thioether (sulfide) groups is 1. The molecule has 0 radical (unpaired) electrons. The Morgan fingerprint density at radius 3 is 2.39 bits per heavy atom. The van der Waals surface area contributed by atoms with Crippen molar-refractivity contribution in [1.29, 1.82) is 0 Å². The fraction of sp³-hybridized carbons (Fsp3) is 0.182. The van der Waals surface area contributed by atoms with Crippen molar-refractivity contribution in [1.82, 2.24) is 19.1 Å². The lowest BCUT2D eigenvalue weighted by Crippen LogP contribution is -2.37. The Morgan fingerprint density at radius 2 is 1.71 bits per heavy atom. The number of fused-ring (bicyclic) bond motifs is 1. The van der Waals surface area contributed by atoms with E-state index in [1.807, 2.05) is 48.5 Å². The smallest absolute Gasteiger partial charge is 0.332 e. The van der Waals surface area contributed by atoms with E-state index in [1.54, 1.807) is 14.2 Å². The minimum atomic E-state index is -0.445. The van der Waals surface area contributed by atoms with Crippen molar-refractivity contribution < 1.29 is 4.74 Å². The topological polar surface area (TPSA) is 79.0 Å². The average molecular weight is 455 g/mol. The molecule has 7 nitrogen and oxygen atoms in total. The third kappa shape index (κ3) is 3.96. The van der Waals surface area contributed by atoms with Crippen LogP contribution in [-0.4, -0.2) is 26.2 Å². The molecule has 0 saturated carbocycles. The van der Waals surface area contributed by atoms with Gasteiger partial charge in [0.2, 0.25) is 0 Å². The number of ether oxygens (including phenoxy) is 1. The van der Waals surface area contributed by atoms with Crippen LogP contribution < -0.4 is 16.0 Å². The summed E-state index contributed by atoms with van der Waals surface area (Å²) in [5.41, 5.74) is 1.08.